The predicted octanol–water partition coefficient (Wildman–Crippen LogP) is -1.11. The number of aliphatic hydroxyl groups is 1. The Kier molecular flexibility index (Phi) is 6.73. The number of rotatable bonds is 8. The molecule has 0 spiro atoms. The molecular weight excluding hydrogens is 246 g/mol. The summed E-state index contributed by atoms with van der Waals surface area (Å²) in [6.07, 6.45) is 0. The van der Waals surface area contributed by atoms with Gasteiger partial charge in [0.2, 0.25) is 5.91 Å². The Balaban J connectivity index is 2.15. The van der Waals surface area contributed by atoms with Crippen LogP contribution in [0.25, 0.3) is 0 Å². The highest BCUT2D eigenvalue weighted by Crippen LogP contribution is 1.98. The second kappa shape index (κ2) is 8.36. The van der Waals surface area contributed by atoms with Crippen molar-refractivity contribution in [2.75, 3.05) is 26.2 Å². The van der Waals surface area contributed by atoms with E-state index >= 15 is 0 Å². The Morgan fingerprint density at radius 2 is 1.89 bits per heavy atom. The normalized spacial score (nSPS) is 11.9. The van der Waals surface area contributed by atoms with Gasteiger partial charge >= 0.3 is 0 Å². The number of hydrogen-bond donors (Lipinski definition) is 4. The fourth-order valence-electron chi connectivity index (χ4n) is 1.42. The summed E-state index contributed by atoms with van der Waals surface area (Å²) in [5, 5.41) is 14.1. The summed E-state index contributed by atoms with van der Waals surface area (Å²) < 4.78 is 0. The van der Waals surface area contributed by atoms with Crippen LogP contribution >= 0.6 is 0 Å². The first-order valence-electron chi connectivity index (χ1n) is 6.08. The minimum Gasteiger partial charge on any atom is -0.394 e. The van der Waals surface area contributed by atoms with Gasteiger partial charge in [-0.05, 0) is 0 Å². The molecule has 1 amide bonds. The molecular formula is C13H19N3O3. The molecule has 0 aliphatic heterocycles. The van der Waals surface area contributed by atoms with Gasteiger partial charge in [-0.3, -0.25) is 9.59 Å². The fraction of sp³-hybridized carbons (Fsp3) is 0.385. The number of aliphatic hydroxyl groups excluding tert-OH is 1. The molecule has 6 heteroatoms. The number of carbonyl (C=O) groups excluding carboxylic acids is 2. The van der Waals surface area contributed by atoms with Gasteiger partial charge < -0.3 is 21.5 Å². The fourth-order valence-corrected chi connectivity index (χ4v) is 1.42. The topological polar surface area (TPSA) is 104 Å². The number of Topliss-reactive ketones (excluding diaryl/α,β-unsaturated/α-hetero) is 1. The Bertz CT molecular complexity index is 409. The number of ketones is 1. The minimum absolute atomic E-state index is 0.000939. The van der Waals surface area contributed by atoms with E-state index < -0.39 is 11.9 Å². The number of nitrogens with two attached hydrogens (primary N) is 1. The van der Waals surface area contributed by atoms with Crippen LogP contribution in [0.5, 0.6) is 0 Å². The lowest BCUT2D eigenvalue weighted by molar-refractivity contribution is -0.123. The summed E-state index contributed by atoms with van der Waals surface area (Å²) in [4.78, 5) is 22.9. The summed E-state index contributed by atoms with van der Waals surface area (Å²) in [5.41, 5.74) is 5.97. The average Bonchev–Trinajstić information content (AvgIpc) is 2.46. The third kappa shape index (κ3) is 5.60. The van der Waals surface area contributed by atoms with Crippen molar-refractivity contribution in [3.63, 3.8) is 0 Å². The monoisotopic (exact) mass is 265 g/mol. The van der Waals surface area contributed by atoms with E-state index in [1.54, 1.807) is 12.1 Å². The molecule has 0 bridgehead atoms. The van der Waals surface area contributed by atoms with Gasteiger partial charge in [0.05, 0.1) is 13.2 Å². The summed E-state index contributed by atoms with van der Waals surface area (Å²) in [6.45, 7) is 0.648. The van der Waals surface area contributed by atoms with Gasteiger partial charge in [0.25, 0.3) is 0 Å². The van der Waals surface area contributed by atoms with E-state index in [-0.39, 0.29) is 18.9 Å². The smallest absolute Gasteiger partial charge is 0.239 e. The lowest BCUT2D eigenvalue weighted by Crippen LogP contribution is -2.45. The van der Waals surface area contributed by atoms with E-state index in [1.165, 1.54) is 0 Å². The number of hydrogen-bond acceptors (Lipinski definition) is 5. The van der Waals surface area contributed by atoms with Crippen LogP contribution in [0, 0.1) is 0 Å². The molecule has 0 aromatic heterocycles. The molecule has 19 heavy (non-hydrogen) atoms. The van der Waals surface area contributed by atoms with Gasteiger partial charge in [-0.15, -0.1) is 0 Å². The number of amides is 1. The summed E-state index contributed by atoms with van der Waals surface area (Å²) in [6, 6.07) is 8.08. The van der Waals surface area contributed by atoms with Crippen LogP contribution < -0.4 is 16.4 Å². The first-order valence-corrected chi connectivity index (χ1v) is 6.08. The summed E-state index contributed by atoms with van der Waals surface area (Å²) >= 11 is 0. The maximum Gasteiger partial charge on any atom is 0.239 e. The highest BCUT2D eigenvalue weighted by Gasteiger charge is 2.10. The zero-order chi connectivity index (χ0) is 14.1. The standard InChI is InChI=1S/C13H19N3O3/c14-11(9-17)13(19)16-7-6-15-8-12(18)10-4-2-1-3-5-10/h1-5,11,15,17H,6-9,14H2,(H,16,19)/t11-/m1/s1. The summed E-state index contributed by atoms with van der Waals surface area (Å²) in [5.74, 6) is -0.405. The molecule has 6 nitrogen and oxygen atoms in total. The molecule has 1 rings (SSSR count). The summed E-state index contributed by atoms with van der Waals surface area (Å²) in [7, 11) is 0. The van der Waals surface area contributed by atoms with Crippen molar-refractivity contribution >= 4 is 11.7 Å². The molecule has 0 radical (unpaired) electrons. The van der Waals surface area contributed by atoms with Crippen LogP contribution in [0.2, 0.25) is 0 Å². The molecule has 0 aliphatic carbocycles. The van der Waals surface area contributed by atoms with Crippen molar-refractivity contribution in [2.45, 2.75) is 6.04 Å². The predicted molar refractivity (Wildman–Crippen MR) is 71.7 cm³/mol. The SMILES string of the molecule is N[C@H](CO)C(=O)NCCNCC(=O)c1ccccc1. The molecule has 0 aliphatic rings. The van der Waals surface area contributed by atoms with Crippen molar-refractivity contribution < 1.29 is 14.7 Å². The van der Waals surface area contributed by atoms with Crippen LogP contribution in [-0.2, 0) is 4.79 Å². The van der Waals surface area contributed by atoms with Gasteiger partial charge in [-0.2, -0.15) is 0 Å². The van der Waals surface area contributed by atoms with Gasteiger partial charge in [-0.1, -0.05) is 30.3 Å². The van der Waals surface area contributed by atoms with Crippen molar-refractivity contribution in [3.05, 3.63) is 35.9 Å². The highest BCUT2D eigenvalue weighted by atomic mass is 16.3. The average molecular weight is 265 g/mol. The van der Waals surface area contributed by atoms with Crippen LogP contribution in [0.1, 0.15) is 10.4 Å². The van der Waals surface area contributed by atoms with Crippen molar-refractivity contribution in [1.29, 1.82) is 0 Å². The molecule has 1 aromatic rings. The molecule has 1 aromatic carbocycles. The second-order valence-corrected chi connectivity index (χ2v) is 4.05. The second-order valence-electron chi connectivity index (χ2n) is 4.05. The van der Waals surface area contributed by atoms with Crippen LogP contribution in [0.4, 0.5) is 0 Å². The number of nitrogens with one attached hydrogen (secondary N) is 2. The molecule has 5 N–H and O–H groups in total. The third-order valence-electron chi connectivity index (χ3n) is 2.52. The van der Waals surface area contributed by atoms with Gasteiger partial charge in [-0.25, -0.2) is 0 Å². The number of carbonyl (C=O) groups is 2. The van der Waals surface area contributed by atoms with E-state index in [0.717, 1.165) is 0 Å². The van der Waals surface area contributed by atoms with E-state index in [4.69, 9.17) is 10.8 Å². The first kappa shape index (κ1) is 15.3. The quantitative estimate of drug-likeness (QED) is 0.352. The minimum atomic E-state index is -0.897. The van der Waals surface area contributed by atoms with Crippen molar-refractivity contribution in [3.8, 4) is 0 Å². The molecule has 0 saturated carbocycles. The van der Waals surface area contributed by atoms with E-state index in [0.29, 0.717) is 18.7 Å². The van der Waals surface area contributed by atoms with Gasteiger partial charge in [0.15, 0.2) is 5.78 Å². The lowest BCUT2D eigenvalue weighted by atomic mass is 10.1. The van der Waals surface area contributed by atoms with E-state index in [1.807, 2.05) is 18.2 Å². The molecule has 1 atom stereocenters. The Morgan fingerprint density at radius 3 is 2.53 bits per heavy atom. The third-order valence-corrected chi connectivity index (χ3v) is 2.52. The maximum atomic E-state index is 11.7. The Labute approximate surface area is 112 Å². The first-order chi connectivity index (χ1) is 9.15. The molecule has 0 fully saturated rings. The Morgan fingerprint density at radius 1 is 1.21 bits per heavy atom. The maximum absolute atomic E-state index is 11.7. The van der Waals surface area contributed by atoms with Gasteiger partial charge in [0, 0.05) is 18.7 Å². The zero-order valence-corrected chi connectivity index (χ0v) is 10.6. The van der Waals surface area contributed by atoms with Crippen molar-refractivity contribution in [2.24, 2.45) is 5.73 Å². The number of benzene rings is 1. The van der Waals surface area contributed by atoms with E-state index in [9.17, 15) is 9.59 Å². The molecule has 104 valence electrons. The van der Waals surface area contributed by atoms with Gasteiger partial charge in [0.1, 0.15) is 6.04 Å². The highest BCUT2D eigenvalue weighted by molar-refractivity contribution is 5.97. The Hall–Kier alpha value is -1.76. The molecule has 0 saturated heterocycles. The van der Waals surface area contributed by atoms with Crippen molar-refractivity contribution in [1.82, 2.24) is 10.6 Å². The van der Waals surface area contributed by atoms with Crippen LogP contribution in [0.3, 0.4) is 0 Å². The van der Waals surface area contributed by atoms with Crippen LogP contribution in [-0.4, -0.2) is 49.1 Å². The van der Waals surface area contributed by atoms with E-state index in [2.05, 4.69) is 10.6 Å². The zero-order valence-electron chi connectivity index (χ0n) is 10.6. The van der Waals surface area contributed by atoms with Crippen LogP contribution in [0.15, 0.2) is 30.3 Å². The molecule has 0 heterocycles. The lowest BCUT2D eigenvalue weighted by Gasteiger charge is -2.09. The molecule has 0 unspecified atom stereocenters. The largest absolute Gasteiger partial charge is 0.394 e.